The molecule has 20 rings (SSSR count). The number of nitrogens with one attached hydrogen (secondary N) is 2. The molecule has 0 fully saturated rings. The summed E-state index contributed by atoms with van der Waals surface area (Å²) < 4.78 is 49.2. The summed E-state index contributed by atoms with van der Waals surface area (Å²) in [4.78, 5) is 52.1. The lowest BCUT2D eigenvalue weighted by atomic mass is 9.93. The van der Waals surface area contributed by atoms with E-state index < -0.39 is 11.7 Å². The van der Waals surface area contributed by atoms with Crippen molar-refractivity contribution in [1.29, 1.82) is 10.5 Å². The number of fused-ring (bicyclic) bond motifs is 6. The van der Waals surface area contributed by atoms with Gasteiger partial charge in [-0.1, -0.05) is 297 Å². The van der Waals surface area contributed by atoms with Crippen LogP contribution in [0, 0.1) is 22.7 Å². The van der Waals surface area contributed by atoms with E-state index >= 15 is 0 Å². The van der Waals surface area contributed by atoms with Crippen LogP contribution in [-0.2, 0) is 6.18 Å². The van der Waals surface area contributed by atoms with Gasteiger partial charge in [-0.25, -0.2) is 49.9 Å². The summed E-state index contributed by atoms with van der Waals surface area (Å²) in [6, 6.07) is 114. The first-order chi connectivity index (χ1) is 58.0. The van der Waals surface area contributed by atoms with Crippen molar-refractivity contribution in [2.45, 2.75) is 6.18 Å². The fourth-order valence-electron chi connectivity index (χ4n) is 15.3. The van der Waals surface area contributed by atoms with Crippen molar-refractivity contribution in [3.05, 3.63) is 395 Å². The highest BCUT2D eigenvalue weighted by Gasteiger charge is 2.33. The van der Waals surface area contributed by atoms with Crippen LogP contribution in [0.1, 0.15) is 38.9 Å². The van der Waals surface area contributed by atoms with Crippen LogP contribution in [-0.4, -0.2) is 62.4 Å². The Kier molecular flexibility index (Phi) is 17.7. The minimum atomic E-state index is -4.82. The molecule has 0 amide bonds. The Balaban J connectivity index is 0.934. The number of amidine groups is 4. The van der Waals surface area contributed by atoms with Crippen molar-refractivity contribution in [3.63, 3.8) is 0 Å². The van der Waals surface area contributed by atoms with Gasteiger partial charge < -0.3 is 19.8 Å². The summed E-state index contributed by atoms with van der Waals surface area (Å²) in [5, 5.41) is 34.9. The zero-order valence-corrected chi connectivity index (χ0v) is 62.3. The average Bonchev–Trinajstić information content (AvgIpc) is 1.55. The van der Waals surface area contributed by atoms with E-state index in [1.807, 2.05) is 297 Å². The molecular formula is C99H59F3N16. The first-order valence-electron chi connectivity index (χ1n) is 38.0. The molecule has 0 aliphatic carbocycles. The number of rotatable bonds is 13. The molecule has 16 nitrogen and oxygen atoms in total. The van der Waals surface area contributed by atoms with Gasteiger partial charge in [0.25, 0.3) is 0 Å². The molecule has 6 heterocycles. The average molecular weight is 1530 g/mol. The Labute approximate surface area is 672 Å². The molecule has 556 valence electrons. The van der Waals surface area contributed by atoms with Gasteiger partial charge in [0.1, 0.15) is 23.3 Å². The van der Waals surface area contributed by atoms with E-state index in [4.69, 9.17) is 49.9 Å². The van der Waals surface area contributed by atoms with E-state index in [0.717, 1.165) is 78.2 Å². The zero-order valence-electron chi connectivity index (χ0n) is 62.3. The second-order valence-electron chi connectivity index (χ2n) is 28.2. The largest absolute Gasteiger partial charge is 0.416 e. The third-order valence-corrected chi connectivity index (χ3v) is 21.0. The second-order valence-corrected chi connectivity index (χ2v) is 28.2. The van der Waals surface area contributed by atoms with Gasteiger partial charge in [0.15, 0.2) is 46.6 Å². The molecule has 0 radical (unpaired) electrons. The number of aliphatic imine (C=N–C) groups is 4. The highest BCUT2D eigenvalue weighted by molar-refractivity contribution is 6.19. The van der Waals surface area contributed by atoms with Crippen molar-refractivity contribution in [1.82, 2.24) is 49.7 Å². The third-order valence-electron chi connectivity index (χ3n) is 21.0. The van der Waals surface area contributed by atoms with E-state index in [0.29, 0.717) is 125 Å². The van der Waals surface area contributed by atoms with Crippen LogP contribution >= 0.6 is 0 Å². The van der Waals surface area contributed by atoms with E-state index in [1.54, 1.807) is 6.07 Å². The summed E-state index contributed by atoms with van der Waals surface area (Å²) in [6.07, 6.45) is -4.82. The van der Waals surface area contributed by atoms with Gasteiger partial charge in [-0.2, -0.15) is 23.7 Å². The highest BCUT2D eigenvalue weighted by Crippen LogP contribution is 2.45. The predicted molar refractivity (Wildman–Crippen MR) is 459 cm³/mol. The van der Waals surface area contributed by atoms with Gasteiger partial charge in [0.2, 0.25) is 0 Å². The summed E-state index contributed by atoms with van der Waals surface area (Å²) >= 11 is 0. The van der Waals surface area contributed by atoms with Crippen LogP contribution in [0.15, 0.2) is 366 Å². The number of alkyl halides is 3. The molecule has 19 heteroatoms. The van der Waals surface area contributed by atoms with E-state index in [-0.39, 0.29) is 22.3 Å². The Morgan fingerprint density at radius 1 is 0.271 bits per heavy atom. The fraction of sp³-hybridized carbons (Fsp3) is 0.0101. The standard InChI is InChI=1S/C99H59F3N16/c100-99(101,102)74-45-50-75(72(51-74)58-103)80-57-86(118-83-54-70(97-113-91(64-33-17-5-18-34-64)107-92(114-97)65-35-19-6-20-36-65)43-48-78(83)79-49-44-71(55-84(79)118)98-115-93(66-37-21-7-22-38-66)108-94(116-98)67-39-23-8-24-40-67)85(56-73(80)59-104)117-81-52-68(95-109-87(60-25-9-1-10-26-60)105-88(110-95)61-27-11-2-12-28-61)41-46-76(81)77-47-42-69(53-82(77)117)96-111-89(62-29-13-3-14-30-62)106-90(112-96)63-31-15-4-16-32-63/h1-57H,(H,105,109,110)(H,106,111,112). The number of nitriles is 2. The van der Waals surface area contributed by atoms with Crippen molar-refractivity contribution in [3.8, 4) is 103 Å². The van der Waals surface area contributed by atoms with Crippen LogP contribution in [0.5, 0.6) is 0 Å². The number of benzene rings is 14. The summed E-state index contributed by atoms with van der Waals surface area (Å²) in [7, 11) is 0. The minimum absolute atomic E-state index is 0.0341. The first-order valence-corrected chi connectivity index (χ1v) is 38.0. The molecule has 2 N–H and O–H groups in total. The maximum Gasteiger partial charge on any atom is 0.416 e. The lowest BCUT2D eigenvalue weighted by Crippen LogP contribution is -2.31. The minimum Gasteiger partial charge on any atom is -0.324 e. The van der Waals surface area contributed by atoms with E-state index in [1.165, 1.54) is 6.07 Å². The second kappa shape index (κ2) is 29.5. The molecule has 2 aliphatic heterocycles. The lowest BCUT2D eigenvalue weighted by molar-refractivity contribution is -0.137. The molecule has 0 spiro atoms. The number of hydrogen-bond acceptors (Lipinski definition) is 14. The summed E-state index contributed by atoms with van der Waals surface area (Å²) in [5.41, 5.74) is 9.76. The third kappa shape index (κ3) is 13.2. The Morgan fingerprint density at radius 2 is 0.576 bits per heavy atom. The van der Waals surface area contributed by atoms with Gasteiger partial charge in [0, 0.05) is 98.7 Å². The molecule has 0 saturated carbocycles. The van der Waals surface area contributed by atoms with Crippen molar-refractivity contribution < 1.29 is 13.2 Å². The molecule has 0 bridgehead atoms. The van der Waals surface area contributed by atoms with E-state index in [9.17, 15) is 23.7 Å². The molecule has 118 heavy (non-hydrogen) atoms. The molecule has 14 aromatic carbocycles. The molecule has 2 aliphatic rings. The lowest BCUT2D eigenvalue weighted by Gasteiger charge is -2.21. The number of halogens is 3. The van der Waals surface area contributed by atoms with Gasteiger partial charge in [-0.3, -0.25) is 0 Å². The molecular weight excluding hydrogens is 1470 g/mol. The number of aromatic nitrogens is 8. The van der Waals surface area contributed by atoms with Crippen LogP contribution in [0.25, 0.3) is 146 Å². The van der Waals surface area contributed by atoms with Gasteiger partial charge in [-0.05, 0) is 48.5 Å². The monoisotopic (exact) mass is 1530 g/mol. The molecule has 0 unspecified atom stereocenters. The zero-order chi connectivity index (χ0) is 79.4. The first kappa shape index (κ1) is 70.6. The number of hydrogen-bond donors (Lipinski definition) is 2. The van der Waals surface area contributed by atoms with Crippen LogP contribution < -0.4 is 21.1 Å². The maximum absolute atomic E-state index is 15.0. The van der Waals surface area contributed by atoms with Gasteiger partial charge >= 0.3 is 6.18 Å². The highest BCUT2D eigenvalue weighted by atomic mass is 19.4. The van der Waals surface area contributed by atoms with Crippen molar-refractivity contribution in [2.24, 2.45) is 20.0 Å². The maximum atomic E-state index is 15.0. The van der Waals surface area contributed by atoms with Gasteiger partial charge in [-0.15, -0.1) is 0 Å². The summed E-state index contributed by atoms with van der Waals surface area (Å²) in [6.45, 7) is 0. The predicted octanol–water partition coefficient (Wildman–Crippen LogP) is 19.8. The van der Waals surface area contributed by atoms with E-state index in [2.05, 4.69) is 56.2 Å². The van der Waals surface area contributed by atoms with Crippen molar-refractivity contribution in [2.75, 3.05) is 0 Å². The normalized spacial score (nSPS) is 13.7. The Hall–Kier alpha value is -16.5. The topological polar surface area (TPSA) is 208 Å². The molecule has 0 saturated heterocycles. The van der Waals surface area contributed by atoms with Gasteiger partial charge in [0.05, 0.1) is 62.3 Å². The number of nitrogens with zero attached hydrogens (tertiary/aromatic N) is 14. The quantitative estimate of drug-likeness (QED) is 0.112. The molecule has 18 aromatic rings. The SMILES string of the molecule is N#Cc1cc(C(F)(F)F)ccc1-c1cc(-n2c3cc(-c4nc(-c5ccccc5)nc(-c5ccccc5)n4)ccc3c3ccc(-c4nc(-c5ccccc5)nc(-c5ccccc5)n4)cc32)c(-n2c3cc(=C4N=C(c5ccccc5)N=C(c5ccccc5)N4)ccc3c3ccc(=C4N=C(c5ccccc5)N=C(c5ccccc5)N4)cc32)cc1C#N. The summed E-state index contributed by atoms with van der Waals surface area (Å²) in [5.74, 6) is 5.50. The Bertz CT molecular complexity index is 6960. The van der Waals surface area contributed by atoms with Crippen LogP contribution in [0.4, 0.5) is 13.2 Å². The fourth-order valence-corrected chi connectivity index (χ4v) is 15.3. The van der Waals surface area contributed by atoms with Crippen LogP contribution in [0.2, 0.25) is 0 Å². The van der Waals surface area contributed by atoms with Crippen LogP contribution in [0.3, 0.4) is 0 Å². The molecule has 0 atom stereocenters. The van der Waals surface area contributed by atoms with Crippen molar-refractivity contribution >= 4 is 78.6 Å². The molecule has 4 aromatic heterocycles. The smallest absolute Gasteiger partial charge is 0.324 e. The Morgan fingerprint density at radius 3 is 0.924 bits per heavy atom.